The molecular weight excluding hydrogens is 540 g/mol. The van der Waals surface area contributed by atoms with Gasteiger partial charge in [0, 0.05) is 36.6 Å². The molecular formula is C32H37ClN4O4. The topological polar surface area (TPSA) is 89.6 Å². The van der Waals surface area contributed by atoms with Gasteiger partial charge in [0.1, 0.15) is 17.2 Å². The second-order valence-corrected chi connectivity index (χ2v) is 14.1. The molecule has 41 heavy (non-hydrogen) atoms. The molecule has 4 fully saturated rings. The maximum atomic E-state index is 13.7. The Hall–Kier alpha value is -2.84. The lowest BCUT2D eigenvalue weighted by Crippen LogP contribution is -2.51. The predicted octanol–water partition coefficient (Wildman–Crippen LogP) is 4.98. The van der Waals surface area contributed by atoms with Crippen LogP contribution < -0.4 is 10.3 Å². The molecule has 1 saturated heterocycles. The Morgan fingerprint density at radius 3 is 2.56 bits per heavy atom. The maximum Gasteiger partial charge on any atom is 0.262 e. The number of amides is 1. The first kappa shape index (κ1) is 25.8. The molecule has 8 nitrogen and oxygen atoms in total. The summed E-state index contributed by atoms with van der Waals surface area (Å²) in [5.41, 5.74) is 3.06. The average Bonchev–Trinajstić information content (AvgIpc) is 3.32. The van der Waals surface area contributed by atoms with Gasteiger partial charge in [-0.3, -0.25) is 18.7 Å². The molecule has 1 amide bonds. The Morgan fingerprint density at radius 2 is 1.90 bits per heavy atom. The molecule has 1 aromatic carbocycles. The highest BCUT2D eigenvalue weighted by molar-refractivity contribution is 6.31. The summed E-state index contributed by atoms with van der Waals surface area (Å²) in [4.78, 5) is 33.0. The highest BCUT2D eigenvalue weighted by atomic mass is 35.5. The van der Waals surface area contributed by atoms with E-state index in [0.717, 1.165) is 30.7 Å². The lowest BCUT2D eigenvalue weighted by Gasteiger charge is -2.57. The largest absolute Gasteiger partial charge is 0.493 e. The van der Waals surface area contributed by atoms with Gasteiger partial charge in [-0.1, -0.05) is 24.9 Å². The number of ether oxygens (including phenoxy) is 1. The van der Waals surface area contributed by atoms with E-state index in [2.05, 4.69) is 6.07 Å². The minimum absolute atomic E-state index is 0.136. The van der Waals surface area contributed by atoms with Crippen LogP contribution in [0, 0.1) is 10.8 Å². The van der Waals surface area contributed by atoms with Gasteiger partial charge in [0.15, 0.2) is 5.65 Å². The molecule has 0 radical (unpaired) electrons. The molecule has 1 N–H and O–H groups in total. The van der Waals surface area contributed by atoms with Crippen molar-refractivity contribution in [1.82, 2.24) is 19.0 Å². The van der Waals surface area contributed by atoms with Gasteiger partial charge in [-0.15, -0.1) is 0 Å². The van der Waals surface area contributed by atoms with Crippen LogP contribution in [0.4, 0.5) is 0 Å². The third kappa shape index (κ3) is 3.93. The van der Waals surface area contributed by atoms with Gasteiger partial charge in [-0.2, -0.15) is 0 Å². The summed E-state index contributed by atoms with van der Waals surface area (Å²) in [6.07, 6.45) is 11.7. The molecule has 216 valence electrons. The van der Waals surface area contributed by atoms with Crippen molar-refractivity contribution in [2.75, 3.05) is 19.7 Å². The third-order valence-corrected chi connectivity index (χ3v) is 11.5. The summed E-state index contributed by atoms with van der Waals surface area (Å²) in [7, 11) is 0. The minimum Gasteiger partial charge on any atom is -0.493 e. The van der Waals surface area contributed by atoms with Crippen molar-refractivity contribution < 1.29 is 14.6 Å². The Bertz CT molecular complexity index is 1640. The molecule has 2 aromatic heterocycles. The number of benzene rings is 1. The van der Waals surface area contributed by atoms with Crippen LogP contribution >= 0.6 is 11.6 Å². The van der Waals surface area contributed by atoms with E-state index < -0.39 is 5.60 Å². The van der Waals surface area contributed by atoms with Gasteiger partial charge in [0.05, 0.1) is 29.8 Å². The summed E-state index contributed by atoms with van der Waals surface area (Å²) in [6, 6.07) is 5.99. The molecule has 3 aliphatic carbocycles. The number of hydrogen-bond donors (Lipinski definition) is 1. The van der Waals surface area contributed by atoms with Crippen molar-refractivity contribution in [1.29, 1.82) is 0 Å². The number of hydrogen-bond acceptors (Lipinski definition) is 5. The summed E-state index contributed by atoms with van der Waals surface area (Å²) in [6.45, 7) is 3.86. The van der Waals surface area contributed by atoms with E-state index in [9.17, 15) is 14.7 Å². The highest BCUT2D eigenvalue weighted by Crippen LogP contribution is 2.65. The third-order valence-electron chi connectivity index (χ3n) is 11.2. The van der Waals surface area contributed by atoms with Crippen molar-refractivity contribution in [2.45, 2.75) is 89.2 Å². The van der Waals surface area contributed by atoms with E-state index in [0.29, 0.717) is 60.1 Å². The van der Waals surface area contributed by atoms with Gasteiger partial charge in [-0.05, 0) is 80.4 Å². The molecule has 3 saturated carbocycles. The van der Waals surface area contributed by atoms with E-state index in [1.807, 2.05) is 22.5 Å². The molecule has 0 bridgehead atoms. The van der Waals surface area contributed by atoms with Gasteiger partial charge >= 0.3 is 0 Å². The Morgan fingerprint density at radius 1 is 1.12 bits per heavy atom. The van der Waals surface area contributed by atoms with Crippen LogP contribution in [0.3, 0.4) is 0 Å². The standard InChI is InChI=1S/C32H37ClN4O4/c1-30(8-9-30)29(39)35-12-10-32(40,11-13-35)18-36-19-34-27-23(28(36)38)17-26(33)37(27)20-15-22(21-4-14-41-25(21)16-20)24-3-7-31(24)5-2-6-31/h15-17,19,24,40H,2-14,18H2,1H3. The molecule has 3 aromatic rings. The number of carbonyl (C=O) groups excluding carboxylic acids is 1. The normalized spacial score (nSPS) is 25.0. The zero-order valence-corrected chi connectivity index (χ0v) is 24.4. The molecule has 2 aliphatic heterocycles. The summed E-state index contributed by atoms with van der Waals surface area (Å²) in [5, 5.41) is 12.2. The number of halogens is 1. The molecule has 1 atom stereocenters. The van der Waals surface area contributed by atoms with Gasteiger partial charge in [0.25, 0.3) is 5.56 Å². The van der Waals surface area contributed by atoms with E-state index in [1.165, 1.54) is 54.1 Å². The first-order valence-corrected chi connectivity index (χ1v) is 15.6. The molecule has 1 spiro atoms. The van der Waals surface area contributed by atoms with Crippen LogP contribution in [0.15, 0.2) is 29.3 Å². The minimum atomic E-state index is -1.07. The number of aliphatic hydroxyl groups is 1. The van der Waals surface area contributed by atoms with Crippen LogP contribution in [-0.2, 0) is 17.8 Å². The summed E-state index contributed by atoms with van der Waals surface area (Å²) < 4.78 is 9.41. The van der Waals surface area contributed by atoms with Crippen molar-refractivity contribution in [3.8, 4) is 11.4 Å². The van der Waals surface area contributed by atoms with E-state index in [1.54, 1.807) is 6.07 Å². The fourth-order valence-corrected chi connectivity index (χ4v) is 8.28. The molecule has 9 heteroatoms. The fourth-order valence-electron chi connectivity index (χ4n) is 7.99. The second kappa shape index (κ2) is 8.83. The number of piperidine rings is 1. The second-order valence-electron chi connectivity index (χ2n) is 13.7. The Labute approximate surface area is 244 Å². The Kier molecular flexibility index (Phi) is 5.57. The van der Waals surface area contributed by atoms with Crippen LogP contribution in [0.2, 0.25) is 5.15 Å². The number of rotatable bonds is 5. The van der Waals surface area contributed by atoms with Crippen LogP contribution in [0.25, 0.3) is 16.7 Å². The van der Waals surface area contributed by atoms with Crippen molar-refractivity contribution >= 4 is 28.5 Å². The molecule has 8 rings (SSSR count). The summed E-state index contributed by atoms with van der Waals surface area (Å²) >= 11 is 6.81. The van der Waals surface area contributed by atoms with Crippen molar-refractivity contribution in [3.05, 3.63) is 51.2 Å². The Balaban J connectivity index is 1.09. The molecule has 1 unspecified atom stereocenters. The van der Waals surface area contributed by atoms with Crippen LogP contribution in [0.1, 0.15) is 81.8 Å². The zero-order valence-electron chi connectivity index (χ0n) is 23.6. The van der Waals surface area contributed by atoms with E-state index >= 15 is 0 Å². The number of aromatic nitrogens is 3. The SMILES string of the molecule is CC1(C(=O)N2CCC(O)(Cn3cnc4c(cc(Cl)n4-c4cc5c(c(C6CCC67CCC7)c4)CCO5)c3=O)CC2)CC1. The first-order chi connectivity index (χ1) is 19.7. The fraction of sp³-hybridized carbons (Fsp3) is 0.594. The smallest absolute Gasteiger partial charge is 0.262 e. The quantitative estimate of drug-likeness (QED) is 0.463. The van der Waals surface area contributed by atoms with Gasteiger partial charge in [0.2, 0.25) is 5.91 Å². The van der Waals surface area contributed by atoms with Crippen molar-refractivity contribution in [2.24, 2.45) is 10.8 Å². The van der Waals surface area contributed by atoms with Crippen LogP contribution in [-0.4, -0.2) is 55.3 Å². The lowest BCUT2D eigenvalue weighted by atomic mass is 9.48. The van der Waals surface area contributed by atoms with E-state index in [4.69, 9.17) is 21.3 Å². The average molecular weight is 577 g/mol. The first-order valence-electron chi connectivity index (χ1n) is 15.3. The molecule has 5 aliphatic rings. The monoisotopic (exact) mass is 576 g/mol. The molecule has 4 heterocycles. The number of fused-ring (bicyclic) bond motifs is 2. The summed E-state index contributed by atoms with van der Waals surface area (Å²) in [5.74, 6) is 1.68. The maximum absolute atomic E-state index is 13.7. The lowest BCUT2D eigenvalue weighted by molar-refractivity contribution is -0.141. The van der Waals surface area contributed by atoms with Crippen molar-refractivity contribution in [3.63, 3.8) is 0 Å². The number of carbonyl (C=O) groups is 1. The van der Waals surface area contributed by atoms with Gasteiger partial charge < -0.3 is 14.7 Å². The highest BCUT2D eigenvalue weighted by Gasteiger charge is 2.52. The predicted molar refractivity (Wildman–Crippen MR) is 156 cm³/mol. The number of likely N-dealkylation sites (tertiary alicyclic amines) is 1. The van der Waals surface area contributed by atoms with E-state index in [-0.39, 0.29) is 23.4 Å². The zero-order chi connectivity index (χ0) is 28.1. The number of nitrogens with zero attached hydrogens (tertiary/aromatic N) is 4. The van der Waals surface area contributed by atoms with Crippen LogP contribution in [0.5, 0.6) is 5.75 Å². The van der Waals surface area contributed by atoms with Gasteiger partial charge in [-0.25, -0.2) is 4.98 Å².